The van der Waals surface area contributed by atoms with E-state index >= 15 is 0 Å². The molecule has 1 atom stereocenters. The number of amides is 3. The highest BCUT2D eigenvalue weighted by atomic mass is 16.5. The van der Waals surface area contributed by atoms with Crippen molar-refractivity contribution in [1.82, 2.24) is 5.32 Å². The Labute approximate surface area is 190 Å². The van der Waals surface area contributed by atoms with Crippen molar-refractivity contribution >= 4 is 29.4 Å². The molecule has 0 saturated carbocycles. The molecule has 33 heavy (non-hydrogen) atoms. The topological polar surface area (TPSA) is 128 Å². The van der Waals surface area contributed by atoms with E-state index in [9.17, 15) is 19.2 Å². The van der Waals surface area contributed by atoms with Crippen molar-refractivity contribution < 1.29 is 23.9 Å². The molecule has 3 rings (SSSR count). The summed E-state index contributed by atoms with van der Waals surface area (Å²) in [5, 5.41) is 5.41. The quantitative estimate of drug-likeness (QED) is 0.437. The monoisotopic (exact) mass is 445 g/mol. The first kappa shape index (κ1) is 23.2. The fourth-order valence-corrected chi connectivity index (χ4v) is 3.06. The highest BCUT2D eigenvalue weighted by Gasteiger charge is 2.20. The Morgan fingerprint density at radius 1 is 0.788 bits per heavy atom. The summed E-state index contributed by atoms with van der Waals surface area (Å²) in [6, 6.07) is 23.1. The van der Waals surface area contributed by atoms with Crippen molar-refractivity contribution in [3.05, 3.63) is 102 Å². The van der Waals surface area contributed by atoms with E-state index in [0.717, 1.165) is 5.56 Å². The fraction of sp³-hybridized carbons (Fsp3) is 0.120. The van der Waals surface area contributed by atoms with Gasteiger partial charge in [0.2, 0.25) is 5.91 Å². The Morgan fingerprint density at radius 2 is 1.39 bits per heavy atom. The molecule has 8 nitrogen and oxygen atoms in total. The van der Waals surface area contributed by atoms with Crippen LogP contribution in [0, 0.1) is 0 Å². The van der Waals surface area contributed by atoms with Crippen LogP contribution in [0.1, 0.15) is 38.7 Å². The maximum absolute atomic E-state index is 12.6. The number of benzene rings is 3. The van der Waals surface area contributed by atoms with E-state index in [-0.39, 0.29) is 12.3 Å². The van der Waals surface area contributed by atoms with E-state index in [1.165, 1.54) is 24.3 Å². The molecule has 0 aliphatic carbocycles. The maximum atomic E-state index is 12.6. The SMILES string of the molecule is NC(=O)c1ccc(NC(=O)COC(=O)CC(NC(=O)c2ccccc2)c2ccccc2)cc1. The molecular formula is C25H23N3O5. The average molecular weight is 445 g/mol. The smallest absolute Gasteiger partial charge is 0.308 e. The molecule has 0 spiro atoms. The van der Waals surface area contributed by atoms with Gasteiger partial charge in [0.05, 0.1) is 12.5 Å². The number of esters is 1. The number of carbonyl (C=O) groups is 4. The van der Waals surface area contributed by atoms with E-state index < -0.39 is 30.4 Å². The minimum Gasteiger partial charge on any atom is -0.455 e. The number of nitrogens with one attached hydrogen (secondary N) is 2. The Bertz CT molecular complexity index is 1120. The summed E-state index contributed by atoms with van der Waals surface area (Å²) >= 11 is 0. The molecule has 3 aromatic carbocycles. The summed E-state index contributed by atoms with van der Waals surface area (Å²) in [6.07, 6.45) is -0.150. The number of ether oxygens (including phenoxy) is 1. The van der Waals surface area contributed by atoms with Crippen LogP contribution in [-0.4, -0.2) is 30.3 Å². The van der Waals surface area contributed by atoms with Gasteiger partial charge in [-0.1, -0.05) is 48.5 Å². The maximum Gasteiger partial charge on any atom is 0.308 e. The zero-order valence-electron chi connectivity index (χ0n) is 17.7. The van der Waals surface area contributed by atoms with Crippen LogP contribution in [0.3, 0.4) is 0 Å². The fourth-order valence-electron chi connectivity index (χ4n) is 3.06. The molecule has 4 N–H and O–H groups in total. The van der Waals surface area contributed by atoms with Crippen molar-refractivity contribution in [2.24, 2.45) is 5.73 Å². The number of rotatable bonds is 9. The van der Waals surface area contributed by atoms with Crippen molar-refractivity contribution in [2.45, 2.75) is 12.5 Å². The first-order chi connectivity index (χ1) is 15.9. The first-order valence-corrected chi connectivity index (χ1v) is 10.2. The second-order valence-electron chi connectivity index (χ2n) is 7.16. The summed E-state index contributed by atoms with van der Waals surface area (Å²) in [5.74, 6) is -2.08. The lowest BCUT2D eigenvalue weighted by Gasteiger charge is -2.19. The zero-order valence-corrected chi connectivity index (χ0v) is 17.7. The van der Waals surface area contributed by atoms with Crippen LogP contribution >= 0.6 is 0 Å². The number of carbonyl (C=O) groups excluding carboxylic acids is 4. The van der Waals surface area contributed by atoms with E-state index in [1.807, 2.05) is 6.07 Å². The highest BCUT2D eigenvalue weighted by molar-refractivity contribution is 5.96. The van der Waals surface area contributed by atoms with Gasteiger partial charge in [-0.3, -0.25) is 19.2 Å². The molecular weight excluding hydrogens is 422 g/mol. The molecule has 0 saturated heterocycles. The number of anilines is 1. The standard InChI is InChI=1S/C25H23N3O5/c26-24(31)18-11-13-20(14-12-18)27-22(29)16-33-23(30)15-21(17-7-3-1-4-8-17)28-25(32)19-9-5-2-6-10-19/h1-14,21H,15-16H2,(H2,26,31)(H,27,29)(H,28,32). The minimum atomic E-state index is -0.642. The van der Waals surface area contributed by atoms with Crippen LogP contribution in [0.4, 0.5) is 5.69 Å². The highest BCUT2D eigenvalue weighted by Crippen LogP contribution is 2.18. The third-order valence-corrected chi connectivity index (χ3v) is 4.73. The third kappa shape index (κ3) is 7.03. The van der Waals surface area contributed by atoms with Gasteiger partial charge in [-0.25, -0.2) is 0 Å². The second-order valence-corrected chi connectivity index (χ2v) is 7.16. The predicted molar refractivity (Wildman–Crippen MR) is 122 cm³/mol. The van der Waals surface area contributed by atoms with Gasteiger partial charge >= 0.3 is 5.97 Å². The molecule has 0 aromatic heterocycles. The molecule has 0 fully saturated rings. The second kappa shape index (κ2) is 11.2. The summed E-state index contributed by atoms with van der Waals surface area (Å²) in [6.45, 7) is -0.495. The Morgan fingerprint density at radius 3 is 2.00 bits per heavy atom. The van der Waals surface area contributed by atoms with E-state index in [4.69, 9.17) is 10.5 Å². The van der Waals surface area contributed by atoms with Crippen LogP contribution in [0.5, 0.6) is 0 Å². The van der Waals surface area contributed by atoms with Gasteiger partial charge in [0, 0.05) is 16.8 Å². The van der Waals surface area contributed by atoms with Gasteiger partial charge in [0.1, 0.15) is 0 Å². The lowest BCUT2D eigenvalue weighted by Crippen LogP contribution is -2.31. The van der Waals surface area contributed by atoms with Gasteiger partial charge in [-0.2, -0.15) is 0 Å². The third-order valence-electron chi connectivity index (χ3n) is 4.73. The van der Waals surface area contributed by atoms with E-state index in [2.05, 4.69) is 10.6 Å². The predicted octanol–water partition coefficient (Wildman–Crippen LogP) is 2.83. The van der Waals surface area contributed by atoms with Gasteiger partial charge in [0.15, 0.2) is 6.61 Å². The molecule has 8 heteroatoms. The first-order valence-electron chi connectivity index (χ1n) is 10.2. The molecule has 0 heterocycles. The summed E-state index contributed by atoms with van der Waals surface area (Å²) in [4.78, 5) is 48.2. The van der Waals surface area contributed by atoms with Gasteiger partial charge in [0.25, 0.3) is 11.8 Å². The lowest BCUT2D eigenvalue weighted by molar-refractivity contribution is -0.147. The average Bonchev–Trinajstić information content (AvgIpc) is 2.83. The molecule has 0 aliphatic heterocycles. The molecule has 3 aromatic rings. The van der Waals surface area contributed by atoms with Gasteiger partial charge in [-0.15, -0.1) is 0 Å². The summed E-state index contributed by atoms with van der Waals surface area (Å²) in [7, 11) is 0. The van der Waals surface area contributed by atoms with Crippen LogP contribution in [0.15, 0.2) is 84.9 Å². The molecule has 3 amide bonds. The lowest BCUT2D eigenvalue weighted by atomic mass is 10.0. The number of primary amides is 1. The summed E-state index contributed by atoms with van der Waals surface area (Å²) in [5.41, 5.74) is 7.12. The molecule has 168 valence electrons. The van der Waals surface area contributed by atoms with Crippen molar-refractivity contribution in [2.75, 3.05) is 11.9 Å². The van der Waals surface area contributed by atoms with E-state index in [1.54, 1.807) is 54.6 Å². The number of hydrogen-bond donors (Lipinski definition) is 3. The van der Waals surface area contributed by atoms with Gasteiger partial charge < -0.3 is 21.1 Å². The van der Waals surface area contributed by atoms with Crippen LogP contribution < -0.4 is 16.4 Å². The van der Waals surface area contributed by atoms with Crippen molar-refractivity contribution in [3.8, 4) is 0 Å². The van der Waals surface area contributed by atoms with E-state index in [0.29, 0.717) is 16.8 Å². The Balaban J connectivity index is 1.57. The van der Waals surface area contributed by atoms with Crippen LogP contribution in [0.2, 0.25) is 0 Å². The molecule has 0 bridgehead atoms. The number of nitrogens with two attached hydrogens (primary N) is 1. The Hall–Kier alpha value is -4.46. The molecule has 0 aliphatic rings. The van der Waals surface area contributed by atoms with Gasteiger partial charge in [-0.05, 0) is 42.0 Å². The molecule has 1 unspecified atom stereocenters. The molecule has 0 radical (unpaired) electrons. The summed E-state index contributed by atoms with van der Waals surface area (Å²) < 4.78 is 5.10. The van der Waals surface area contributed by atoms with Crippen LogP contribution in [0.25, 0.3) is 0 Å². The van der Waals surface area contributed by atoms with Crippen LogP contribution in [-0.2, 0) is 14.3 Å². The zero-order chi connectivity index (χ0) is 23.6. The van der Waals surface area contributed by atoms with Crippen molar-refractivity contribution in [3.63, 3.8) is 0 Å². The van der Waals surface area contributed by atoms with Crippen molar-refractivity contribution in [1.29, 1.82) is 0 Å². The largest absolute Gasteiger partial charge is 0.455 e. The normalized spacial score (nSPS) is 11.2. The Kier molecular flexibility index (Phi) is 7.91. The minimum absolute atomic E-state index is 0.150. The number of hydrogen-bond acceptors (Lipinski definition) is 5.